The fraction of sp³-hybridized carbons (Fsp3) is 0.667. The zero-order valence-electron chi connectivity index (χ0n) is 3.72. The summed E-state index contributed by atoms with van der Waals surface area (Å²) in [6.07, 6.45) is -1.13. The van der Waals surface area contributed by atoms with Crippen molar-refractivity contribution in [1.29, 1.82) is 0 Å². The van der Waals surface area contributed by atoms with Crippen molar-refractivity contribution in [1.82, 2.24) is 0 Å². The molecular weight excluding hydrogens is 169 g/mol. The molecule has 0 rings (SSSR count). The van der Waals surface area contributed by atoms with E-state index in [1.807, 2.05) is 0 Å². The quantitative estimate of drug-likeness (QED) is 0.484. The number of aliphatic hydroxyl groups is 1. The van der Waals surface area contributed by atoms with Gasteiger partial charge in [0, 0.05) is 0 Å². The average molecular weight is 179 g/mol. The minimum atomic E-state index is -1.13. The second-order valence-electron chi connectivity index (χ2n) is 1.07. The molecule has 6 heteroatoms. The molecule has 3 nitrogen and oxygen atoms in total. The summed E-state index contributed by atoms with van der Waals surface area (Å²) in [5.41, 5.74) is 0. The first-order valence-electron chi connectivity index (χ1n) is 1.69. The average Bonchev–Trinajstić information content (AvgIpc) is 1.65. The Kier molecular flexibility index (Phi) is 17.2. The van der Waals surface area contributed by atoms with Gasteiger partial charge < -0.3 is 9.40 Å². The molecule has 0 spiro atoms. The first kappa shape index (κ1) is 16.7. The summed E-state index contributed by atoms with van der Waals surface area (Å²) >= 11 is 4.54. The van der Waals surface area contributed by atoms with E-state index >= 15 is 0 Å². The maximum atomic E-state index is 9.91. The predicted molar refractivity (Wildman–Crippen MR) is 40.7 cm³/mol. The standard InChI is InChI=1S/C3H5ClO3.Al.Na.4H/c1-2(5)3(6)7-4;;;;;;/h2,5H,1H3;;;;;;. The SMILES string of the molecule is CC(O)C(=O)OCl.[AlH3].[NaH]. The van der Waals surface area contributed by atoms with E-state index in [9.17, 15) is 4.79 Å². The van der Waals surface area contributed by atoms with Crippen LogP contribution in [-0.4, -0.2) is 64.1 Å². The third-order valence-electron chi connectivity index (χ3n) is 0.417. The van der Waals surface area contributed by atoms with Gasteiger partial charge in [0.1, 0.15) is 18.0 Å². The van der Waals surface area contributed by atoms with Crippen LogP contribution in [0.4, 0.5) is 0 Å². The van der Waals surface area contributed by atoms with Gasteiger partial charge in [0.05, 0.1) is 0 Å². The first-order chi connectivity index (χ1) is 3.18. The van der Waals surface area contributed by atoms with E-state index in [1.165, 1.54) is 6.92 Å². The molecule has 0 bridgehead atoms. The van der Waals surface area contributed by atoms with Crippen LogP contribution >= 0.6 is 11.9 Å². The minimum absolute atomic E-state index is 0. The van der Waals surface area contributed by atoms with E-state index in [2.05, 4.69) is 16.2 Å². The van der Waals surface area contributed by atoms with Crippen molar-refractivity contribution in [3.8, 4) is 0 Å². The molecule has 0 heterocycles. The van der Waals surface area contributed by atoms with Crippen LogP contribution in [-0.2, 0) is 9.08 Å². The van der Waals surface area contributed by atoms with E-state index in [1.54, 1.807) is 0 Å². The number of carbonyl (C=O) groups excluding carboxylic acids is 1. The summed E-state index contributed by atoms with van der Waals surface area (Å²) in [6.45, 7) is 1.27. The molecular formula is C3H9AlClNaO3. The van der Waals surface area contributed by atoms with E-state index in [-0.39, 0.29) is 46.9 Å². The van der Waals surface area contributed by atoms with Crippen LogP contribution in [0.5, 0.6) is 0 Å². The third kappa shape index (κ3) is 9.25. The van der Waals surface area contributed by atoms with Crippen LogP contribution in [0.3, 0.4) is 0 Å². The van der Waals surface area contributed by atoms with Crippen LogP contribution in [0.1, 0.15) is 6.92 Å². The molecule has 0 amide bonds. The summed E-state index contributed by atoms with van der Waals surface area (Å²) in [4.78, 5) is 9.91. The van der Waals surface area contributed by atoms with Gasteiger partial charge in [-0.15, -0.1) is 0 Å². The van der Waals surface area contributed by atoms with Gasteiger partial charge in [-0.05, 0) is 6.92 Å². The van der Waals surface area contributed by atoms with Crippen molar-refractivity contribution >= 4 is 64.8 Å². The van der Waals surface area contributed by atoms with Gasteiger partial charge >= 0.3 is 35.5 Å². The van der Waals surface area contributed by atoms with Gasteiger partial charge in [-0.1, -0.05) is 0 Å². The Morgan fingerprint density at radius 2 is 2.11 bits per heavy atom. The molecule has 0 saturated heterocycles. The van der Waals surface area contributed by atoms with E-state index in [0.29, 0.717) is 0 Å². The summed E-state index contributed by atoms with van der Waals surface area (Å²) in [5, 5.41) is 8.26. The van der Waals surface area contributed by atoms with Crippen molar-refractivity contribution in [2.45, 2.75) is 13.0 Å². The Morgan fingerprint density at radius 3 is 2.11 bits per heavy atom. The Labute approximate surface area is 91.3 Å². The van der Waals surface area contributed by atoms with Gasteiger partial charge in [-0.3, -0.25) is 0 Å². The normalized spacial score (nSPS) is 10.1. The van der Waals surface area contributed by atoms with E-state index in [0.717, 1.165) is 0 Å². The van der Waals surface area contributed by atoms with Crippen LogP contribution in [0.2, 0.25) is 0 Å². The molecule has 0 saturated carbocycles. The molecule has 0 aliphatic carbocycles. The van der Waals surface area contributed by atoms with Gasteiger partial charge in [-0.25, -0.2) is 4.79 Å². The van der Waals surface area contributed by atoms with Crippen LogP contribution < -0.4 is 0 Å². The number of halogens is 1. The predicted octanol–water partition coefficient (Wildman–Crippen LogP) is -1.77. The molecule has 1 unspecified atom stereocenters. The van der Waals surface area contributed by atoms with Crippen LogP contribution in [0, 0.1) is 0 Å². The second kappa shape index (κ2) is 9.25. The number of hydrogen-bond acceptors (Lipinski definition) is 3. The molecule has 0 aliphatic rings. The van der Waals surface area contributed by atoms with Crippen molar-refractivity contribution in [3.63, 3.8) is 0 Å². The fourth-order valence-corrected chi connectivity index (χ4v) is 0.193. The molecule has 0 aromatic carbocycles. The van der Waals surface area contributed by atoms with Crippen LogP contribution in [0.15, 0.2) is 0 Å². The molecule has 9 heavy (non-hydrogen) atoms. The zero-order chi connectivity index (χ0) is 5.86. The first-order valence-corrected chi connectivity index (χ1v) is 2.00. The number of carbonyl (C=O) groups is 1. The summed E-state index contributed by atoms with van der Waals surface area (Å²) in [5.74, 6) is -0.832. The molecule has 1 atom stereocenters. The zero-order valence-corrected chi connectivity index (χ0v) is 4.47. The molecule has 50 valence electrons. The van der Waals surface area contributed by atoms with E-state index < -0.39 is 12.1 Å². The van der Waals surface area contributed by atoms with Crippen molar-refractivity contribution in [2.24, 2.45) is 0 Å². The second-order valence-corrected chi connectivity index (χ2v) is 1.23. The van der Waals surface area contributed by atoms with Crippen molar-refractivity contribution in [3.05, 3.63) is 0 Å². The number of hydrogen-bond donors (Lipinski definition) is 1. The van der Waals surface area contributed by atoms with E-state index in [4.69, 9.17) is 5.11 Å². The van der Waals surface area contributed by atoms with Gasteiger partial charge in [0.25, 0.3) is 0 Å². The topological polar surface area (TPSA) is 46.5 Å². The Hall–Kier alpha value is 1.25. The van der Waals surface area contributed by atoms with Gasteiger partial charge in [0.15, 0.2) is 17.4 Å². The summed E-state index contributed by atoms with van der Waals surface area (Å²) in [7, 11) is 0. The molecule has 0 aromatic heterocycles. The molecule has 0 radical (unpaired) electrons. The Bertz CT molecular complexity index is 79.5. The molecule has 1 N–H and O–H groups in total. The Balaban J connectivity index is -0.000000180. The van der Waals surface area contributed by atoms with Crippen molar-refractivity contribution < 1.29 is 14.2 Å². The monoisotopic (exact) mass is 178 g/mol. The number of aliphatic hydroxyl groups excluding tert-OH is 1. The van der Waals surface area contributed by atoms with Crippen LogP contribution in [0.25, 0.3) is 0 Å². The van der Waals surface area contributed by atoms with Gasteiger partial charge in [-0.2, -0.15) is 0 Å². The third-order valence-corrected chi connectivity index (χ3v) is 0.569. The Morgan fingerprint density at radius 1 is 1.78 bits per heavy atom. The molecule has 0 aromatic rings. The number of rotatable bonds is 1. The molecule has 0 aliphatic heterocycles. The van der Waals surface area contributed by atoms with Gasteiger partial charge in [0.2, 0.25) is 0 Å². The summed E-state index contributed by atoms with van der Waals surface area (Å²) in [6, 6.07) is 0. The van der Waals surface area contributed by atoms with Crippen molar-refractivity contribution in [2.75, 3.05) is 0 Å². The fourth-order valence-electron chi connectivity index (χ4n) is 0.0645. The molecule has 0 fully saturated rings. The summed E-state index contributed by atoms with van der Waals surface area (Å²) < 4.78 is 3.59. The maximum absolute atomic E-state index is 9.91.